The van der Waals surface area contributed by atoms with E-state index < -0.39 is 17.2 Å². The molecule has 1 aromatic carbocycles. The molecule has 1 aromatic heterocycles. The second-order valence-electron chi connectivity index (χ2n) is 6.85. The minimum absolute atomic E-state index is 0.0485. The Labute approximate surface area is 168 Å². The van der Waals surface area contributed by atoms with E-state index in [1.807, 2.05) is 4.90 Å². The third-order valence-electron chi connectivity index (χ3n) is 5.11. The monoisotopic (exact) mass is 487 g/mol. The third-order valence-corrected chi connectivity index (χ3v) is 6.08. The van der Waals surface area contributed by atoms with E-state index in [1.54, 1.807) is 4.57 Å². The molecule has 27 heavy (non-hydrogen) atoms. The summed E-state index contributed by atoms with van der Waals surface area (Å²) < 4.78 is 24.6. The van der Waals surface area contributed by atoms with E-state index in [1.165, 1.54) is 13.3 Å². The van der Waals surface area contributed by atoms with Crippen molar-refractivity contribution in [1.82, 2.24) is 7.68 Å². The summed E-state index contributed by atoms with van der Waals surface area (Å²) in [4.78, 5) is 26.1. The number of hydrogen-bond acceptors (Lipinski definition) is 5. The van der Waals surface area contributed by atoms with E-state index in [2.05, 4.69) is 26.0 Å². The van der Waals surface area contributed by atoms with Crippen LogP contribution in [0.5, 0.6) is 5.75 Å². The Bertz CT molecular complexity index is 981. The van der Waals surface area contributed by atoms with Crippen molar-refractivity contribution in [3.63, 3.8) is 0 Å². The average Bonchev–Trinajstić information content (AvgIpc) is 3.47. The number of rotatable bonds is 4. The molecule has 1 saturated carbocycles. The number of aromatic carboxylic acids is 1. The van der Waals surface area contributed by atoms with E-state index in [0.717, 1.165) is 32.0 Å². The summed E-state index contributed by atoms with van der Waals surface area (Å²) in [5.41, 5.74) is -0.216. The van der Waals surface area contributed by atoms with E-state index in [9.17, 15) is 14.7 Å². The summed E-state index contributed by atoms with van der Waals surface area (Å²) >= 11 is 2.24. The van der Waals surface area contributed by atoms with E-state index in [0.29, 0.717) is 30.0 Å². The van der Waals surface area contributed by atoms with Crippen LogP contribution < -0.4 is 15.1 Å². The Balaban J connectivity index is 2.00. The van der Waals surface area contributed by atoms with Gasteiger partial charge in [-0.05, 0) is 18.9 Å². The van der Waals surface area contributed by atoms with Gasteiger partial charge in [0.05, 0.1) is 18.0 Å². The van der Waals surface area contributed by atoms with Gasteiger partial charge in [0.25, 0.3) is 0 Å². The number of carbonyl (C=O) groups is 1. The number of hydrogen-bond donors (Lipinski definition) is 1. The van der Waals surface area contributed by atoms with Crippen LogP contribution in [0.3, 0.4) is 0 Å². The first kappa shape index (κ1) is 18.5. The molecule has 0 bridgehead atoms. The highest BCUT2D eigenvalue weighted by Gasteiger charge is 2.31. The van der Waals surface area contributed by atoms with Crippen molar-refractivity contribution in [1.29, 1.82) is 0 Å². The lowest BCUT2D eigenvalue weighted by atomic mass is 10.1. The molecule has 4 rings (SSSR count). The molecule has 2 heterocycles. The SMILES string of the molecule is COc1c(N2CCN(I)CC2)c(F)cc2c(=O)c(C(=O)O)cn(C3CC3)c12. The number of fused-ring (bicyclic) bond motifs is 1. The highest BCUT2D eigenvalue weighted by Crippen LogP contribution is 2.43. The first-order valence-corrected chi connectivity index (χ1v) is 9.73. The highest BCUT2D eigenvalue weighted by molar-refractivity contribution is 14.1. The average molecular weight is 487 g/mol. The molecule has 0 radical (unpaired) electrons. The fourth-order valence-corrected chi connectivity index (χ4v) is 4.06. The van der Waals surface area contributed by atoms with Gasteiger partial charge in [0, 0.05) is 61.3 Å². The molecule has 1 saturated heterocycles. The predicted molar refractivity (Wildman–Crippen MR) is 108 cm³/mol. The Morgan fingerprint density at radius 1 is 1.30 bits per heavy atom. The number of carboxylic acid groups (broad SMARTS) is 1. The van der Waals surface area contributed by atoms with Crippen molar-refractivity contribution in [2.24, 2.45) is 0 Å². The summed E-state index contributed by atoms with van der Waals surface area (Å²) in [5.74, 6) is -1.57. The van der Waals surface area contributed by atoms with Gasteiger partial charge in [0.1, 0.15) is 11.3 Å². The topological polar surface area (TPSA) is 75.0 Å². The van der Waals surface area contributed by atoms with Crippen LogP contribution in [0.25, 0.3) is 10.9 Å². The molecule has 0 unspecified atom stereocenters. The molecule has 0 amide bonds. The van der Waals surface area contributed by atoms with Gasteiger partial charge in [-0.15, -0.1) is 0 Å². The fraction of sp³-hybridized carbons (Fsp3) is 0.444. The quantitative estimate of drug-likeness (QED) is 0.528. The van der Waals surface area contributed by atoms with Gasteiger partial charge in [-0.1, -0.05) is 0 Å². The van der Waals surface area contributed by atoms with Crippen LogP contribution in [0.1, 0.15) is 29.2 Å². The van der Waals surface area contributed by atoms with Crippen molar-refractivity contribution >= 4 is 45.4 Å². The summed E-state index contributed by atoms with van der Waals surface area (Å²) in [5, 5.41) is 9.43. The molecule has 7 nitrogen and oxygen atoms in total. The summed E-state index contributed by atoms with van der Waals surface area (Å²) in [7, 11) is 1.46. The zero-order valence-corrected chi connectivity index (χ0v) is 16.9. The molecule has 0 spiro atoms. The smallest absolute Gasteiger partial charge is 0.341 e. The number of nitrogens with zero attached hydrogens (tertiary/aromatic N) is 3. The molecular formula is C18H19FIN3O4. The van der Waals surface area contributed by atoms with Crippen LogP contribution in [0.2, 0.25) is 0 Å². The lowest BCUT2D eigenvalue weighted by Crippen LogP contribution is -2.42. The Morgan fingerprint density at radius 3 is 2.52 bits per heavy atom. The minimum atomic E-state index is -1.31. The van der Waals surface area contributed by atoms with Crippen LogP contribution in [0.4, 0.5) is 10.1 Å². The molecule has 2 aliphatic rings. The molecule has 9 heteroatoms. The van der Waals surface area contributed by atoms with Gasteiger partial charge in [-0.25, -0.2) is 12.3 Å². The van der Waals surface area contributed by atoms with E-state index in [4.69, 9.17) is 4.74 Å². The van der Waals surface area contributed by atoms with Crippen LogP contribution >= 0.6 is 22.9 Å². The first-order valence-electron chi connectivity index (χ1n) is 8.76. The molecule has 0 atom stereocenters. The zero-order chi connectivity index (χ0) is 19.3. The number of piperazine rings is 1. The van der Waals surface area contributed by atoms with Crippen molar-refractivity contribution in [3.05, 3.63) is 33.9 Å². The van der Waals surface area contributed by atoms with Crippen molar-refractivity contribution in [2.45, 2.75) is 18.9 Å². The zero-order valence-electron chi connectivity index (χ0n) is 14.7. The van der Waals surface area contributed by atoms with Crippen molar-refractivity contribution in [2.75, 3.05) is 38.2 Å². The molecule has 1 aliphatic carbocycles. The highest BCUT2D eigenvalue weighted by atomic mass is 127. The molecule has 2 fully saturated rings. The van der Waals surface area contributed by atoms with Crippen LogP contribution in [0.15, 0.2) is 17.1 Å². The molecule has 1 aliphatic heterocycles. The standard InChI is InChI=1S/C18H19FIN3O4/c1-27-17-14-11(8-13(19)15(17)21-4-6-22(20)7-5-21)16(24)12(18(25)26)9-23(14)10-2-3-10/h8-10H,2-7H2,1H3,(H,25,26). The number of anilines is 1. The molecule has 144 valence electrons. The second kappa shape index (κ2) is 6.93. The van der Waals surface area contributed by atoms with E-state index >= 15 is 4.39 Å². The van der Waals surface area contributed by atoms with Gasteiger partial charge >= 0.3 is 5.97 Å². The summed E-state index contributed by atoms with van der Waals surface area (Å²) in [6.07, 6.45) is 3.15. The lowest BCUT2D eigenvalue weighted by molar-refractivity contribution is 0.0695. The lowest BCUT2D eigenvalue weighted by Gasteiger charge is -2.34. The second-order valence-corrected chi connectivity index (χ2v) is 8.21. The predicted octanol–water partition coefficient (Wildman–Crippen LogP) is 2.65. The number of benzene rings is 1. The number of aromatic nitrogens is 1. The van der Waals surface area contributed by atoms with Gasteiger partial charge in [0.2, 0.25) is 5.43 Å². The van der Waals surface area contributed by atoms with Crippen LogP contribution in [-0.4, -0.2) is 52.0 Å². The van der Waals surface area contributed by atoms with Gasteiger partial charge in [-0.3, -0.25) is 4.79 Å². The minimum Gasteiger partial charge on any atom is -0.492 e. The molecular weight excluding hydrogens is 468 g/mol. The summed E-state index contributed by atoms with van der Waals surface area (Å²) in [6, 6.07) is 1.27. The van der Waals surface area contributed by atoms with E-state index in [-0.39, 0.29) is 17.0 Å². The fourth-order valence-electron chi connectivity index (χ4n) is 3.63. The molecule has 2 aromatic rings. The van der Waals surface area contributed by atoms with Gasteiger partial charge in [-0.2, -0.15) is 0 Å². The normalized spacial score (nSPS) is 18.1. The van der Waals surface area contributed by atoms with Crippen molar-refractivity contribution in [3.8, 4) is 5.75 Å². The number of pyridine rings is 1. The largest absolute Gasteiger partial charge is 0.492 e. The maximum atomic E-state index is 15.1. The third kappa shape index (κ3) is 3.16. The van der Waals surface area contributed by atoms with Gasteiger partial charge in [0.15, 0.2) is 11.6 Å². The van der Waals surface area contributed by atoms with Crippen LogP contribution in [-0.2, 0) is 0 Å². The van der Waals surface area contributed by atoms with Crippen LogP contribution in [0, 0.1) is 5.82 Å². The number of methoxy groups -OCH3 is 1. The van der Waals surface area contributed by atoms with Crippen molar-refractivity contribution < 1.29 is 19.0 Å². The number of halogens is 2. The Morgan fingerprint density at radius 2 is 1.96 bits per heavy atom. The Kier molecular flexibility index (Phi) is 4.75. The first-order chi connectivity index (χ1) is 12.9. The maximum absolute atomic E-state index is 15.1. The Hall–Kier alpha value is -1.88. The summed E-state index contributed by atoms with van der Waals surface area (Å²) in [6.45, 7) is 2.86. The molecule has 1 N–H and O–H groups in total. The number of ether oxygens (including phenoxy) is 1. The van der Waals surface area contributed by atoms with Gasteiger partial charge < -0.3 is 19.3 Å². The maximum Gasteiger partial charge on any atom is 0.341 e. The number of carboxylic acids is 1.